The third kappa shape index (κ3) is 2.79. The molecule has 0 atom stereocenters. The molecule has 0 radical (unpaired) electrons. The molecule has 4 nitrogen and oxygen atoms in total. The van der Waals surface area contributed by atoms with Gasteiger partial charge in [-0.1, -0.05) is 47.1 Å². The van der Waals surface area contributed by atoms with E-state index < -0.39 is 0 Å². The second kappa shape index (κ2) is 5.40. The van der Waals surface area contributed by atoms with Crippen LogP contribution in [0.4, 0.5) is 0 Å². The molecule has 0 amide bonds. The number of rotatable bonds is 3. The molecule has 4 heteroatoms. The third-order valence-electron chi connectivity index (χ3n) is 3.38. The number of aromatic nitrogens is 2. The van der Waals surface area contributed by atoms with Gasteiger partial charge in [0.15, 0.2) is 5.82 Å². The summed E-state index contributed by atoms with van der Waals surface area (Å²) in [5, 5.41) is 14.0. The molecule has 1 aromatic heterocycles. The molecule has 0 spiro atoms. The summed E-state index contributed by atoms with van der Waals surface area (Å²) in [6, 6.07) is 13.7. The van der Waals surface area contributed by atoms with Gasteiger partial charge >= 0.3 is 0 Å². The summed E-state index contributed by atoms with van der Waals surface area (Å²) in [6.07, 6.45) is 0.609. The van der Waals surface area contributed by atoms with Gasteiger partial charge < -0.3 is 9.63 Å². The van der Waals surface area contributed by atoms with Gasteiger partial charge in [0.1, 0.15) is 5.75 Å². The quantitative estimate of drug-likeness (QED) is 0.795. The molecule has 0 unspecified atom stereocenters. The molecule has 0 saturated heterocycles. The van der Waals surface area contributed by atoms with E-state index in [0.29, 0.717) is 23.7 Å². The molecular weight excluding hydrogens is 264 g/mol. The number of phenols is 1. The fourth-order valence-electron chi connectivity index (χ4n) is 2.27. The lowest BCUT2D eigenvalue weighted by atomic mass is 10.1. The van der Waals surface area contributed by atoms with Crippen LogP contribution >= 0.6 is 0 Å². The highest BCUT2D eigenvalue weighted by atomic mass is 16.5. The van der Waals surface area contributed by atoms with E-state index in [1.165, 1.54) is 5.56 Å². The van der Waals surface area contributed by atoms with Gasteiger partial charge in [0.05, 0.1) is 5.56 Å². The summed E-state index contributed by atoms with van der Waals surface area (Å²) in [5.41, 5.74) is 3.69. The van der Waals surface area contributed by atoms with Crippen molar-refractivity contribution in [3.63, 3.8) is 0 Å². The van der Waals surface area contributed by atoms with Crippen LogP contribution in [0.25, 0.3) is 11.5 Å². The van der Waals surface area contributed by atoms with Crippen molar-refractivity contribution in [3.05, 3.63) is 65.0 Å². The van der Waals surface area contributed by atoms with E-state index in [1.54, 1.807) is 6.07 Å². The maximum absolute atomic E-state index is 10.1. The lowest BCUT2D eigenvalue weighted by molar-refractivity contribution is 0.418. The van der Waals surface area contributed by atoms with E-state index in [9.17, 15) is 5.11 Å². The zero-order valence-electron chi connectivity index (χ0n) is 12.0. The van der Waals surface area contributed by atoms with Crippen molar-refractivity contribution in [1.29, 1.82) is 0 Å². The Balaban J connectivity index is 1.88. The van der Waals surface area contributed by atoms with Crippen molar-refractivity contribution in [3.8, 4) is 17.2 Å². The van der Waals surface area contributed by atoms with E-state index in [2.05, 4.69) is 29.2 Å². The van der Waals surface area contributed by atoms with Crippen LogP contribution in [0.1, 0.15) is 22.5 Å². The van der Waals surface area contributed by atoms with Crippen molar-refractivity contribution >= 4 is 0 Å². The number of nitrogens with zero attached hydrogens (tertiary/aromatic N) is 2. The Morgan fingerprint density at radius 2 is 1.90 bits per heavy atom. The van der Waals surface area contributed by atoms with Crippen LogP contribution in [0.3, 0.4) is 0 Å². The smallest absolute Gasteiger partial charge is 0.261 e. The second-order valence-electron chi connectivity index (χ2n) is 5.15. The molecule has 1 N–H and O–H groups in total. The molecule has 0 aliphatic heterocycles. The van der Waals surface area contributed by atoms with Gasteiger partial charge in [0.25, 0.3) is 5.89 Å². The average molecular weight is 280 g/mol. The molecule has 1 heterocycles. The first-order valence-corrected chi connectivity index (χ1v) is 6.80. The Kier molecular flexibility index (Phi) is 3.44. The van der Waals surface area contributed by atoms with E-state index in [1.807, 2.05) is 31.2 Å². The van der Waals surface area contributed by atoms with Crippen molar-refractivity contribution in [2.24, 2.45) is 0 Å². The van der Waals surface area contributed by atoms with Gasteiger partial charge in [-0.05, 0) is 31.0 Å². The van der Waals surface area contributed by atoms with Crippen molar-refractivity contribution in [2.45, 2.75) is 20.3 Å². The Morgan fingerprint density at radius 3 is 2.71 bits per heavy atom. The normalized spacial score (nSPS) is 10.8. The van der Waals surface area contributed by atoms with Crippen LogP contribution in [0.5, 0.6) is 5.75 Å². The number of aryl methyl sites for hydroxylation is 2. The van der Waals surface area contributed by atoms with Crippen LogP contribution in [-0.4, -0.2) is 15.2 Å². The zero-order valence-corrected chi connectivity index (χ0v) is 12.0. The Hall–Kier alpha value is -2.62. The SMILES string of the molecule is Cc1cccc(Cc2noc(-c3cccc(C)c3O)n2)c1. The van der Waals surface area contributed by atoms with Crippen LogP contribution in [0.15, 0.2) is 47.0 Å². The predicted octanol–water partition coefficient (Wildman–Crippen LogP) is 3.65. The highest BCUT2D eigenvalue weighted by molar-refractivity contribution is 5.64. The summed E-state index contributed by atoms with van der Waals surface area (Å²) in [6.45, 7) is 3.89. The molecular formula is C17H16N2O2. The maximum atomic E-state index is 10.1. The molecule has 3 aromatic rings. The summed E-state index contributed by atoms with van der Waals surface area (Å²) in [5.74, 6) is 1.14. The van der Waals surface area contributed by atoms with Gasteiger partial charge in [-0.15, -0.1) is 0 Å². The molecule has 0 fully saturated rings. The first-order valence-electron chi connectivity index (χ1n) is 6.80. The molecule has 21 heavy (non-hydrogen) atoms. The summed E-state index contributed by atoms with van der Waals surface area (Å²) in [4.78, 5) is 4.37. The highest BCUT2D eigenvalue weighted by Crippen LogP contribution is 2.30. The largest absolute Gasteiger partial charge is 0.507 e. The molecule has 0 saturated carbocycles. The monoisotopic (exact) mass is 280 g/mol. The van der Waals surface area contributed by atoms with Gasteiger partial charge in [0, 0.05) is 6.42 Å². The van der Waals surface area contributed by atoms with Gasteiger partial charge in [-0.2, -0.15) is 4.98 Å². The summed E-state index contributed by atoms with van der Waals surface area (Å²) < 4.78 is 5.27. The van der Waals surface area contributed by atoms with E-state index >= 15 is 0 Å². The van der Waals surface area contributed by atoms with Crippen molar-refractivity contribution < 1.29 is 9.63 Å². The van der Waals surface area contributed by atoms with E-state index in [0.717, 1.165) is 11.1 Å². The molecule has 0 bridgehead atoms. The van der Waals surface area contributed by atoms with Gasteiger partial charge in [0.2, 0.25) is 0 Å². The number of benzene rings is 2. The third-order valence-corrected chi connectivity index (χ3v) is 3.38. The molecule has 0 aliphatic rings. The molecule has 2 aromatic carbocycles. The predicted molar refractivity (Wildman–Crippen MR) is 80.1 cm³/mol. The topological polar surface area (TPSA) is 59.2 Å². The van der Waals surface area contributed by atoms with Crippen LogP contribution < -0.4 is 0 Å². The van der Waals surface area contributed by atoms with Gasteiger partial charge in [-0.25, -0.2) is 0 Å². The standard InChI is InChI=1S/C17H16N2O2/c1-11-5-3-7-13(9-11)10-15-18-17(21-19-15)14-8-4-6-12(2)16(14)20/h3-9,20H,10H2,1-2H3. The fourth-order valence-corrected chi connectivity index (χ4v) is 2.27. The number of hydrogen-bond donors (Lipinski definition) is 1. The average Bonchev–Trinajstić information content (AvgIpc) is 2.90. The number of hydrogen-bond acceptors (Lipinski definition) is 4. The van der Waals surface area contributed by atoms with E-state index in [4.69, 9.17) is 4.52 Å². The van der Waals surface area contributed by atoms with E-state index in [-0.39, 0.29) is 5.75 Å². The molecule has 0 aliphatic carbocycles. The van der Waals surface area contributed by atoms with Gasteiger partial charge in [-0.3, -0.25) is 0 Å². The van der Waals surface area contributed by atoms with Crippen LogP contribution in [0, 0.1) is 13.8 Å². The number of aromatic hydroxyl groups is 1. The first-order chi connectivity index (χ1) is 10.1. The van der Waals surface area contributed by atoms with Crippen LogP contribution in [-0.2, 0) is 6.42 Å². The zero-order chi connectivity index (χ0) is 14.8. The minimum atomic E-state index is 0.184. The number of phenolic OH excluding ortho intramolecular Hbond substituents is 1. The second-order valence-corrected chi connectivity index (χ2v) is 5.15. The Morgan fingerprint density at radius 1 is 1.10 bits per heavy atom. The minimum absolute atomic E-state index is 0.184. The Labute approximate surface area is 123 Å². The minimum Gasteiger partial charge on any atom is -0.507 e. The summed E-state index contributed by atoms with van der Waals surface area (Å²) >= 11 is 0. The Bertz CT molecular complexity index is 778. The lowest BCUT2D eigenvalue weighted by Gasteiger charge is -2.01. The maximum Gasteiger partial charge on any atom is 0.261 e. The number of para-hydroxylation sites is 1. The molecule has 106 valence electrons. The summed E-state index contributed by atoms with van der Waals surface area (Å²) in [7, 11) is 0. The first kappa shape index (κ1) is 13.4. The van der Waals surface area contributed by atoms with Crippen molar-refractivity contribution in [2.75, 3.05) is 0 Å². The van der Waals surface area contributed by atoms with Crippen molar-refractivity contribution in [1.82, 2.24) is 10.1 Å². The molecule has 3 rings (SSSR count). The highest BCUT2D eigenvalue weighted by Gasteiger charge is 2.14. The lowest BCUT2D eigenvalue weighted by Crippen LogP contribution is -1.91. The van der Waals surface area contributed by atoms with Crippen LogP contribution in [0.2, 0.25) is 0 Å². The fraction of sp³-hybridized carbons (Fsp3) is 0.176.